The molecular weight excluding hydrogens is 492 g/mol. The molecule has 0 saturated heterocycles. The van der Waals surface area contributed by atoms with Gasteiger partial charge in [-0.25, -0.2) is 20.3 Å². The lowest BCUT2D eigenvalue weighted by Crippen LogP contribution is -2.18. The van der Waals surface area contributed by atoms with Crippen LogP contribution in [0.15, 0.2) is 35.6 Å². The first-order valence-corrected chi connectivity index (χ1v) is 10.6. The van der Waals surface area contributed by atoms with Gasteiger partial charge < -0.3 is 9.51 Å². The second-order valence-electron chi connectivity index (χ2n) is 7.33. The number of fused-ring (bicyclic) bond motifs is 1. The molecule has 0 spiro atoms. The van der Waals surface area contributed by atoms with Crippen molar-refractivity contribution < 1.29 is 23.1 Å². The van der Waals surface area contributed by atoms with Crippen molar-refractivity contribution in [3.8, 4) is 0 Å². The summed E-state index contributed by atoms with van der Waals surface area (Å²) in [5, 5.41) is 10.1. The van der Waals surface area contributed by atoms with Gasteiger partial charge in [0.25, 0.3) is 0 Å². The minimum Gasteiger partial charge on any atom is -0.393 e. The van der Waals surface area contributed by atoms with Crippen molar-refractivity contribution in [2.45, 2.75) is 38.3 Å². The van der Waals surface area contributed by atoms with E-state index in [-0.39, 0.29) is 16.4 Å². The number of hydrogen-bond acceptors (Lipinski definition) is 5. The summed E-state index contributed by atoms with van der Waals surface area (Å²) in [6, 6.07) is 4.15. The summed E-state index contributed by atoms with van der Waals surface area (Å²) in [7, 11) is 0. The molecule has 3 aromatic rings. The normalized spacial score (nSPS) is 17.5. The number of aromatic nitrogens is 2. The number of imidazole rings is 1. The van der Waals surface area contributed by atoms with Crippen LogP contribution in [0.25, 0.3) is 5.65 Å². The van der Waals surface area contributed by atoms with Gasteiger partial charge >= 0.3 is 6.18 Å². The molecule has 0 amide bonds. The molecule has 2 N–H and O–H groups in total. The summed E-state index contributed by atoms with van der Waals surface area (Å²) in [6.07, 6.45) is -2.60. The van der Waals surface area contributed by atoms with Crippen LogP contribution in [0.4, 0.5) is 13.2 Å². The van der Waals surface area contributed by atoms with Gasteiger partial charge in [-0.1, -0.05) is 34.8 Å². The van der Waals surface area contributed by atoms with Gasteiger partial charge in [-0.3, -0.25) is 0 Å². The predicted octanol–water partition coefficient (Wildman–Crippen LogP) is 5.61. The molecule has 32 heavy (non-hydrogen) atoms. The molecule has 12 heteroatoms. The Morgan fingerprint density at radius 2 is 1.91 bits per heavy atom. The van der Waals surface area contributed by atoms with Gasteiger partial charge in [0.1, 0.15) is 5.69 Å². The molecule has 2 atom stereocenters. The molecule has 0 bridgehead atoms. The molecule has 0 radical (unpaired) electrons. The van der Waals surface area contributed by atoms with Crippen LogP contribution in [0.3, 0.4) is 0 Å². The predicted molar refractivity (Wildman–Crippen MR) is 115 cm³/mol. The van der Waals surface area contributed by atoms with Crippen molar-refractivity contribution in [1.29, 1.82) is 0 Å². The van der Waals surface area contributed by atoms with Crippen LogP contribution in [0.5, 0.6) is 0 Å². The van der Waals surface area contributed by atoms with E-state index in [1.807, 2.05) is 0 Å². The van der Waals surface area contributed by atoms with Crippen LogP contribution in [-0.2, 0) is 17.4 Å². The third-order valence-corrected chi connectivity index (χ3v) is 5.78. The molecule has 2 aromatic heterocycles. The highest BCUT2D eigenvalue weighted by atomic mass is 35.5. The van der Waals surface area contributed by atoms with Crippen molar-refractivity contribution in [2.75, 3.05) is 0 Å². The van der Waals surface area contributed by atoms with Gasteiger partial charge in [0.05, 0.1) is 21.7 Å². The molecule has 6 nitrogen and oxygen atoms in total. The maximum absolute atomic E-state index is 13.0. The Labute approximate surface area is 195 Å². The Kier molecular flexibility index (Phi) is 6.30. The van der Waals surface area contributed by atoms with E-state index in [4.69, 9.17) is 39.6 Å². The fraction of sp³-hybridized carbons (Fsp3) is 0.300. The van der Waals surface area contributed by atoms with Gasteiger partial charge in [0.2, 0.25) is 6.23 Å². The lowest BCUT2D eigenvalue weighted by Gasteiger charge is -2.10. The topological polar surface area (TPSA) is 71.2 Å². The first kappa shape index (κ1) is 23.1. The molecular formula is C20H16Cl3F3N4O2. The van der Waals surface area contributed by atoms with Gasteiger partial charge in [-0.2, -0.15) is 13.2 Å². The maximum atomic E-state index is 13.0. The summed E-state index contributed by atoms with van der Waals surface area (Å²) in [5.41, 5.74) is 3.43. The van der Waals surface area contributed by atoms with Crippen LogP contribution in [0.2, 0.25) is 15.1 Å². The lowest BCUT2D eigenvalue weighted by molar-refractivity contribution is -0.137. The van der Waals surface area contributed by atoms with E-state index in [1.54, 1.807) is 19.1 Å². The van der Waals surface area contributed by atoms with E-state index in [2.05, 4.69) is 15.5 Å². The van der Waals surface area contributed by atoms with Crippen LogP contribution in [0.1, 0.15) is 42.0 Å². The number of pyridine rings is 1. The number of aryl methyl sites for hydroxylation is 1. The molecule has 4 rings (SSSR count). The largest absolute Gasteiger partial charge is 0.417 e. The Balaban J connectivity index is 1.63. The molecule has 2 unspecified atom stereocenters. The third kappa shape index (κ3) is 4.67. The monoisotopic (exact) mass is 506 g/mol. The molecule has 0 aliphatic carbocycles. The Hall–Kier alpha value is -2.04. The number of aliphatic hydroxyl groups is 1. The Bertz CT molecular complexity index is 1210. The SMILES string of the molecule is CC(O)CCc1cc(Cl)c(C2=NC(c3cn4cc(C(F)(F)F)cc(Cl)c4n3)ON2)cc1Cl. The second-order valence-corrected chi connectivity index (χ2v) is 8.55. The summed E-state index contributed by atoms with van der Waals surface area (Å²) in [6.45, 7) is 1.69. The first-order chi connectivity index (χ1) is 15.0. The van der Waals surface area contributed by atoms with Crippen LogP contribution < -0.4 is 5.48 Å². The van der Waals surface area contributed by atoms with Gasteiger partial charge in [0, 0.05) is 23.0 Å². The van der Waals surface area contributed by atoms with Gasteiger partial charge in [0.15, 0.2) is 11.5 Å². The quantitative estimate of drug-likeness (QED) is 0.471. The van der Waals surface area contributed by atoms with Crippen molar-refractivity contribution in [3.63, 3.8) is 0 Å². The minimum atomic E-state index is -4.55. The smallest absolute Gasteiger partial charge is 0.393 e. The van der Waals surface area contributed by atoms with E-state index < -0.39 is 24.1 Å². The number of benzene rings is 1. The zero-order valence-corrected chi connectivity index (χ0v) is 18.7. The average molecular weight is 508 g/mol. The lowest BCUT2D eigenvalue weighted by atomic mass is 10.0. The van der Waals surface area contributed by atoms with E-state index in [0.29, 0.717) is 34.3 Å². The highest BCUT2D eigenvalue weighted by Crippen LogP contribution is 2.34. The van der Waals surface area contributed by atoms with Gasteiger partial charge in [-0.15, -0.1) is 0 Å². The van der Waals surface area contributed by atoms with Crippen molar-refractivity contribution in [1.82, 2.24) is 14.9 Å². The fourth-order valence-corrected chi connectivity index (χ4v) is 4.00. The van der Waals surface area contributed by atoms with E-state index in [9.17, 15) is 18.3 Å². The average Bonchev–Trinajstić information content (AvgIpc) is 3.34. The van der Waals surface area contributed by atoms with E-state index in [0.717, 1.165) is 17.8 Å². The standard InChI is InChI=1S/C20H16Cl3F3N4O2/c1-9(31)2-3-10-4-14(22)12(6-13(10)21)17-28-19(32-29-17)16-8-30-7-11(20(24,25)26)5-15(23)18(30)27-16/h4-9,19,31H,2-3H2,1H3,(H,28,29). The molecule has 1 aromatic carbocycles. The van der Waals surface area contributed by atoms with E-state index >= 15 is 0 Å². The highest BCUT2D eigenvalue weighted by molar-refractivity contribution is 6.36. The number of aliphatic imine (C=N–C) groups is 1. The summed E-state index contributed by atoms with van der Waals surface area (Å²) >= 11 is 18.7. The summed E-state index contributed by atoms with van der Waals surface area (Å²) in [5.74, 6) is 0.295. The summed E-state index contributed by atoms with van der Waals surface area (Å²) in [4.78, 5) is 14.1. The molecule has 1 aliphatic heterocycles. The molecule has 170 valence electrons. The number of hydroxylamine groups is 1. The number of amidine groups is 1. The summed E-state index contributed by atoms with van der Waals surface area (Å²) < 4.78 is 40.3. The van der Waals surface area contributed by atoms with Crippen molar-refractivity contribution in [3.05, 3.63) is 68.0 Å². The fourth-order valence-electron chi connectivity index (χ4n) is 3.21. The number of aliphatic hydroxyl groups excluding tert-OH is 1. The number of nitrogens with zero attached hydrogens (tertiary/aromatic N) is 3. The highest BCUT2D eigenvalue weighted by Gasteiger charge is 2.32. The molecule has 0 saturated carbocycles. The zero-order valence-electron chi connectivity index (χ0n) is 16.4. The van der Waals surface area contributed by atoms with Crippen LogP contribution >= 0.6 is 34.8 Å². The van der Waals surface area contributed by atoms with Gasteiger partial charge in [-0.05, 0) is 43.5 Å². The first-order valence-electron chi connectivity index (χ1n) is 9.44. The Morgan fingerprint density at radius 3 is 2.59 bits per heavy atom. The van der Waals surface area contributed by atoms with Crippen LogP contribution in [-0.4, -0.2) is 26.4 Å². The molecule has 1 aliphatic rings. The number of rotatable bonds is 5. The van der Waals surface area contributed by atoms with Crippen LogP contribution in [0, 0.1) is 0 Å². The van der Waals surface area contributed by atoms with Crippen molar-refractivity contribution >= 4 is 46.3 Å². The minimum absolute atomic E-state index is 0.144. The number of alkyl halides is 3. The zero-order chi connectivity index (χ0) is 23.2. The number of nitrogens with one attached hydrogen (secondary N) is 1. The van der Waals surface area contributed by atoms with E-state index in [1.165, 1.54) is 10.6 Å². The van der Waals surface area contributed by atoms with Crippen molar-refractivity contribution in [2.24, 2.45) is 4.99 Å². The third-order valence-electron chi connectivity index (χ3n) is 4.84. The number of halogens is 6. The Morgan fingerprint density at radius 1 is 1.16 bits per heavy atom. The maximum Gasteiger partial charge on any atom is 0.417 e. The number of hydrogen-bond donors (Lipinski definition) is 2. The second kappa shape index (κ2) is 8.72. The molecule has 3 heterocycles. The molecule has 0 fully saturated rings.